The molecule has 1 aliphatic heterocycles. The Morgan fingerprint density at radius 2 is 0.722 bits per heavy atom. The predicted octanol–water partition coefficient (Wildman–Crippen LogP) is 19.4. The van der Waals surface area contributed by atoms with Crippen molar-refractivity contribution < 1.29 is 0 Å². The second-order valence-electron chi connectivity index (χ2n) is 24.0. The summed E-state index contributed by atoms with van der Waals surface area (Å²) in [5.74, 6) is 0.751. The Kier molecular flexibility index (Phi) is 9.39. The van der Waals surface area contributed by atoms with Crippen LogP contribution in [0, 0.1) is 0 Å². The van der Waals surface area contributed by atoms with Gasteiger partial charge in [0, 0.05) is 98.8 Å². The van der Waals surface area contributed by atoms with Crippen molar-refractivity contribution >= 4 is 175 Å². The smallest absolute Gasteiger partial charge is 0.138 e. The number of pyridine rings is 4. The quantitative estimate of drug-likeness (QED) is 0.149. The number of nitrogens with one attached hydrogen (secondary N) is 3. The number of hydrogen-bond donors (Lipinski definition) is 3. The molecule has 0 radical (unpaired) electrons. The first-order chi connectivity index (χ1) is 44.5. The van der Waals surface area contributed by atoms with E-state index in [1.165, 1.54) is 0 Å². The van der Waals surface area contributed by atoms with Gasteiger partial charge in [0.05, 0.1) is 99.7 Å². The first-order valence-electron chi connectivity index (χ1n) is 30.4. The maximum Gasteiger partial charge on any atom is 0.138 e. The van der Waals surface area contributed by atoms with Crippen LogP contribution in [0.4, 0.5) is 5.69 Å². The first kappa shape index (κ1) is 47.9. The van der Waals surface area contributed by atoms with E-state index in [1.807, 2.05) is 0 Å². The minimum atomic E-state index is 0.633. The van der Waals surface area contributed by atoms with Gasteiger partial charge in [0.2, 0.25) is 0 Å². The van der Waals surface area contributed by atoms with Crippen molar-refractivity contribution in [2.75, 3.05) is 0 Å². The minimum Gasteiger partial charge on any atom is -0.354 e. The lowest BCUT2D eigenvalue weighted by molar-refractivity contribution is 1.33. The van der Waals surface area contributed by atoms with E-state index < -0.39 is 0 Å². The number of fused-ring (bicyclic) bond motifs is 18. The molecule has 11 nitrogen and oxygen atoms in total. The van der Waals surface area contributed by atoms with Crippen LogP contribution in [0.15, 0.2) is 236 Å². The van der Waals surface area contributed by atoms with Crippen LogP contribution in [-0.2, 0) is 6.42 Å². The molecule has 0 unspecified atom stereocenters. The number of benzene rings is 9. The van der Waals surface area contributed by atoms with Crippen molar-refractivity contribution in [2.24, 2.45) is 4.99 Å². The third-order valence-corrected chi connectivity index (χ3v) is 19.0. The van der Waals surface area contributed by atoms with Crippen LogP contribution in [0.25, 0.3) is 198 Å². The zero-order valence-corrected chi connectivity index (χ0v) is 47.7. The fourth-order valence-corrected chi connectivity index (χ4v) is 14.8. The number of nitrogens with zero attached hydrogens (tertiary/aromatic N) is 8. The Bertz CT molecular complexity index is 6490. The SMILES string of the molecule is c1ccc(-c2c3cc4cccc(c5ccc6c7c(c8ccc(nc8c6n5)c5cccc6cc2[nH]c65)CC(c2ccc(-c5nc6c8ccc9nc8c8nc(ccc8c6[nH]5)c5cccc6cc([nH]c65)c(-c5ccccc5)c5cc6cccc9c6n5)cc2)=N7)c4n3)cc1. The maximum absolute atomic E-state index is 5.58. The molecule has 20 aromatic rings. The van der Waals surface area contributed by atoms with Gasteiger partial charge in [-0.1, -0.05) is 164 Å². The van der Waals surface area contributed by atoms with Crippen molar-refractivity contribution in [3.8, 4) is 33.6 Å². The zero-order valence-electron chi connectivity index (χ0n) is 47.7. The minimum absolute atomic E-state index is 0.633. The topological polar surface area (TPSA) is 150 Å². The third kappa shape index (κ3) is 6.77. The van der Waals surface area contributed by atoms with Crippen LogP contribution in [0.1, 0.15) is 11.1 Å². The Labute approximate surface area is 509 Å². The van der Waals surface area contributed by atoms with E-state index in [9.17, 15) is 0 Å². The van der Waals surface area contributed by atoms with Gasteiger partial charge in [-0.2, -0.15) is 0 Å². The van der Waals surface area contributed by atoms with Crippen molar-refractivity contribution in [3.05, 3.63) is 242 Å². The molecule has 0 saturated carbocycles. The molecule has 9 aromatic carbocycles. The highest BCUT2D eigenvalue weighted by Crippen LogP contribution is 2.45. The Hall–Kier alpha value is -12.3. The first-order valence-corrected chi connectivity index (χ1v) is 30.4. The summed E-state index contributed by atoms with van der Waals surface area (Å²) >= 11 is 0. The lowest BCUT2D eigenvalue weighted by Crippen LogP contribution is -2.01. The normalized spacial score (nSPS) is 12.9. The number of imidazole rings is 1. The number of H-pyrrole nitrogens is 3. The number of aromatic amines is 3. The van der Waals surface area contributed by atoms with Crippen LogP contribution < -0.4 is 0 Å². The molecule has 0 aliphatic carbocycles. The highest BCUT2D eigenvalue weighted by Gasteiger charge is 2.26. The average Bonchev–Trinajstić information content (AvgIpc) is 1.44. The van der Waals surface area contributed by atoms with Crippen LogP contribution in [0.3, 0.4) is 0 Å². The van der Waals surface area contributed by atoms with E-state index in [4.69, 9.17) is 39.9 Å². The lowest BCUT2D eigenvalue weighted by Gasteiger charge is -2.10. The summed E-state index contributed by atoms with van der Waals surface area (Å²) in [7, 11) is 0. The van der Waals surface area contributed by atoms with Gasteiger partial charge in [-0.05, 0) is 89.0 Å². The number of aromatic nitrogens is 10. The van der Waals surface area contributed by atoms with Gasteiger partial charge >= 0.3 is 0 Å². The predicted molar refractivity (Wildman–Crippen MR) is 369 cm³/mol. The van der Waals surface area contributed by atoms with E-state index in [-0.39, 0.29) is 0 Å². The van der Waals surface area contributed by atoms with Crippen molar-refractivity contribution in [2.45, 2.75) is 6.42 Å². The molecule has 11 aromatic heterocycles. The zero-order chi connectivity index (χ0) is 58.4. The van der Waals surface area contributed by atoms with Crippen LogP contribution >= 0.6 is 0 Å². The molecule has 11 heteroatoms. The summed E-state index contributed by atoms with van der Waals surface area (Å²) < 4.78 is 0. The summed E-state index contributed by atoms with van der Waals surface area (Å²) in [6, 6.07) is 81.5. The van der Waals surface area contributed by atoms with Gasteiger partial charge in [0.15, 0.2) is 0 Å². The molecule has 3 N–H and O–H groups in total. The monoisotopic (exact) mass is 1150 g/mol. The van der Waals surface area contributed by atoms with Gasteiger partial charge in [-0.15, -0.1) is 0 Å². The second kappa shape index (κ2) is 17.7. The number of aliphatic imine (C=N–C) groups is 1. The molecule has 414 valence electrons. The van der Waals surface area contributed by atoms with Gasteiger partial charge in [0.25, 0.3) is 0 Å². The van der Waals surface area contributed by atoms with Crippen LogP contribution in [0.5, 0.6) is 0 Å². The molecule has 0 atom stereocenters. The van der Waals surface area contributed by atoms with E-state index in [1.54, 1.807) is 0 Å². The lowest BCUT2D eigenvalue weighted by atomic mass is 9.97. The molecule has 0 fully saturated rings. The van der Waals surface area contributed by atoms with E-state index in [0.717, 1.165) is 220 Å². The van der Waals surface area contributed by atoms with Crippen LogP contribution in [-0.4, -0.2) is 55.6 Å². The van der Waals surface area contributed by atoms with Crippen molar-refractivity contribution in [1.29, 1.82) is 0 Å². The highest BCUT2D eigenvalue weighted by molar-refractivity contribution is 6.25. The Morgan fingerprint density at radius 1 is 0.267 bits per heavy atom. The van der Waals surface area contributed by atoms with E-state index in [0.29, 0.717) is 6.42 Å². The van der Waals surface area contributed by atoms with Gasteiger partial charge < -0.3 is 15.0 Å². The van der Waals surface area contributed by atoms with Gasteiger partial charge in [0.1, 0.15) is 5.82 Å². The fraction of sp³-hybridized carbons (Fsp3) is 0.0127. The summed E-state index contributed by atoms with van der Waals surface area (Å²) in [5, 5.41) is 12.1. The third-order valence-electron chi connectivity index (χ3n) is 19.0. The van der Waals surface area contributed by atoms with E-state index in [2.05, 4.69) is 245 Å². The molecule has 1 aliphatic rings. The largest absolute Gasteiger partial charge is 0.354 e. The van der Waals surface area contributed by atoms with Gasteiger partial charge in [-0.3, -0.25) is 4.99 Å². The molecule has 90 heavy (non-hydrogen) atoms. The van der Waals surface area contributed by atoms with Crippen LogP contribution in [0.2, 0.25) is 0 Å². The highest BCUT2D eigenvalue weighted by atomic mass is 14.9. The Morgan fingerprint density at radius 3 is 1.30 bits per heavy atom. The fourth-order valence-electron chi connectivity index (χ4n) is 14.8. The molecular formula is C79H43N11. The molecule has 12 heterocycles. The number of para-hydroxylation sites is 4. The molecule has 16 bridgehead atoms. The molecule has 21 rings (SSSR count). The second-order valence-corrected chi connectivity index (χ2v) is 24.0. The number of hydrogen-bond acceptors (Lipinski definition) is 8. The van der Waals surface area contributed by atoms with Crippen molar-refractivity contribution in [3.63, 3.8) is 0 Å². The van der Waals surface area contributed by atoms with Gasteiger partial charge in [-0.25, -0.2) is 34.9 Å². The number of rotatable bonds is 4. The Balaban J connectivity index is 0.718. The summed E-state index contributed by atoms with van der Waals surface area (Å²) in [4.78, 5) is 55.5. The maximum atomic E-state index is 5.58. The summed E-state index contributed by atoms with van der Waals surface area (Å²) in [6.07, 6.45) is 0.633. The van der Waals surface area contributed by atoms with E-state index >= 15 is 0 Å². The summed E-state index contributed by atoms with van der Waals surface area (Å²) in [5.41, 5.74) is 25.2. The molecular weight excluding hydrogens is 1100 g/mol. The molecule has 0 spiro atoms. The molecule has 0 saturated heterocycles. The molecule has 0 amide bonds. The summed E-state index contributed by atoms with van der Waals surface area (Å²) in [6.45, 7) is 0. The average molecular weight is 1150 g/mol. The van der Waals surface area contributed by atoms with Crippen molar-refractivity contribution in [1.82, 2.24) is 49.8 Å². The standard InChI is InChI=1S/C79H43N11/c1-3-11-41(12-4-1)66-62-35-44-15-7-19-49(68(44)85-62)57-31-27-48-56-39-61(84-72(56)53-28-32-58(81-74(53)73(48)80-57)50-20-8-16-45-36-63(66)86-69(45)50)40-23-25-43(26-24-40)79-89-77-54-29-33-59-51-21-9-17-46-37-64(87-70(46)51)67(42-13-5-2-6-14-42)65-38-47-18-10-22-52(71(47)88-65)60-34-30-55(78(77)90-79)76(83-60)75(54)82-59/h1-38,85,87H,39H2,(H,89,90).